The molecule has 0 bridgehead atoms. The summed E-state index contributed by atoms with van der Waals surface area (Å²) in [5.41, 5.74) is 2.88. The van der Waals surface area contributed by atoms with Gasteiger partial charge in [-0.15, -0.1) is 0 Å². The van der Waals surface area contributed by atoms with E-state index in [1.807, 2.05) is 48.0 Å². The summed E-state index contributed by atoms with van der Waals surface area (Å²) in [5.74, 6) is 1.30. The Morgan fingerprint density at radius 2 is 2.11 bits per heavy atom. The molecule has 1 aliphatic heterocycles. The van der Waals surface area contributed by atoms with Gasteiger partial charge in [0.1, 0.15) is 0 Å². The van der Waals surface area contributed by atoms with E-state index in [1.54, 1.807) is 11.3 Å². The number of amides is 1. The van der Waals surface area contributed by atoms with E-state index in [2.05, 4.69) is 20.4 Å². The molecule has 1 amide bonds. The first kappa shape index (κ1) is 17.9. The van der Waals surface area contributed by atoms with E-state index >= 15 is 0 Å². The van der Waals surface area contributed by atoms with Crippen LogP contribution in [0.5, 0.6) is 0 Å². The monoisotopic (exact) mass is 382 g/mol. The van der Waals surface area contributed by atoms with Gasteiger partial charge in [0, 0.05) is 35.6 Å². The molecule has 0 spiro atoms. The van der Waals surface area contributed by atoms with Crippen LogP contribution in [0.15, 0.2) is 45.6 Å². The van der Waals surface area contributed by atoms with Crippen LogP contribution in [-0.2, 0) is 6.54 Å². The van der Waals surface area contributed by atoms with Crippen LogP contribution in [0.1, 0.15) is 34.7 Å². The zero-order valence-electron chi connectivity index (χ0n) is 15.2. The molecule has 1 aliphatic rings. The predicted octanol–water partition coefficient (Wildman–Crippen LogP) is 3.50. The molecule has 3 aromatic rings. The molecule has 0 unspecified atom stereocenters. The molecule has 6 nitrogen and oxygen atoms in total. The minimum Gasteiger partial charge on any atom is -0.349 e. The maximum absolute atomic E-state index is 12.2. The third kappa shape index (κ3) is 4.26. The molecule has 3 heterocycles. The highest BCUT2D eigenvalue weighted by Gasteiger charge is 2.23. The van der Waals surface area contributed by atoms with Gasteiger partial charge in [-0.2, -0.15) is 16.3 Å². The highest BCUT2D eigenvalue weighted by Crippen LogP contribution is 2.21. The molecular formula is C20H22N4O2S. The lowest BCUT2D eigenvalue weighted by Gasteiger charge is -2.31. The van der Waals surface area contributed by atoms with Gasteiger partial charge in [0.2, 0.25) is 11.7 Å². The van der Waals surface area contributed by atoms with Crippen LogP contribution in [0.3, 0.4) is 0 Å². The van der Waals surface area contributed by atoms with Gasteiger partial charge in [0.25, 0.3) is 5.91 Å². The summed E-state index contributed by atoms with van der Waals surface area (Å²) in [7, 11) is 0. The van der Waals surface area contributed by atoms with Crippen molar-refractivity contribution in [1.29, 1.82) is 0 Å². The Bertz CT molecular complexity index is 898. The van der Waals surface area contributed by atoms with Gasteiger partial charge in [0.15, 0.2) is 0 Å². The fourth-order valence-electron chi connectivity index (χ4n) is 3.34. The Kier molecular flexibility index (Phi) is 5.31. The first-order valence-corrected chi connectivity index (χ1v) is 10.1. The average Bonchev–Trinajstić information content (AvgIpc) is 3.36. The summed E-state index contributed by atoms with van der Waals surface area (Å²) in [5, 5.41) is 11.1. The number of nitrogens with zero attached hydrogens (tertiary/aromatic N) is 3. The van der Waals surface area contributed by atoms with E-state index in [-0.39, 0.29) is 11.9 Å². The number of likely N-dealkylation sites (tertiary alicyclic amines) is 1. The number of hydrogen-bond donors (Lipinski definition) is 1. The zero-order valence-corrected chi connectivity index (χ0v) is 16.0. The van der Waals surface area contributed by atoms with Gasteiger partial charge in [0.05, 0.1) is 6.54 Å². The van der Waals surface area contributed by atoms with Gasteiger partial charge in [-0.05, 0) is 36.8 Å². The van der Waals surface area contributed by atoms with Crippen molar-refractivity contribution in [1.82, 2.24) is 20.4 Å². The lowest BCUT2D eigenvalue weighted by molar-refractivity contribution is 0.0905. The van der Waals surface area contributed by atoms with Crippen LogP contribution < -0.4 is 5.32 Å². The van der Waals surface area contributed by atoms with E-state index in [0.717, 1.165) is 42.6 Å². The van der Waals surface area contributed by atoms with Crippen molar-refractivity contribution in [2.45, 2.75) is 32.4 Å². The van der Waals surface area contributed by atoms with Crippen molar-refractivity contribution in [3.8, 4) is 11.4 Å². The molecule has 2 aromatic heterocycles. The van der Waals surface area contributed by atoms with Gasteiger partial charge >= 0.3 is 0 Å². The predicted molar refractivity (Wildman–Crippen MR) is 105 cm³/mol. The molecule has 1 N–H and O–H groups in total. The van der Waals surface area contributed by atoms with Crippen LogP contribution in [-0.4, -0.2) is 40.1 Å². The number of rotatable bonds is 5. The second-order valence-corrected chi connectivity index (χ2v) is 7.64. The minimum atomic E-state index is 0.0227. The standard InChI is InChI=1S/C20H22N4O2S/c1-14-4-2-3-5-17(14)19-22-18(26-23-19)12-24-9-6-16(7-10-24)21-20(25)15-8-11-27-13-15/h2-5,8,11,13,16H,6-7,9-10,12H2,1H3,(H,21,25). The molecule has 27 heavy (non-hydrogen) atoms. The number of thiophene rings is 1. The summed E-state index contributed by atoms with van der Waals surface area (Å²) in [4.78, 5) is 19.0. The highest BCUT2D eigenvalue weighted by molar-refractivity contribution is 7.08. The lowest BCUT2D eigenvalue weighted by Crippen LogP contribution is -2.44. The first-order chi connectivity index (χ1) is 13.2. The van der Waals surface area contributed by atoms with Crippen molar-refractivity contribution < 1.29 is 9.32 Å². The number of benzene rings is 1. The minimum absolute atomic E-state index is 0.0227. The maximum Gasteiger partial charge on any atom is 0.252 e. The number of hydrogen-bond acceptors (Lipinski definition) is 6. The van der Waals surface area contributed by atoms with E-state index in [1.165, 1.54) is 0 Å². The molecule has 0 atom stereocenters. The number of piperidine rings is 1. The van der Waals surface area contributed by atoms with E-state index in [0.29, 0.717) is 18.3 Å². The van der Waals surface area contributed by atoms with E-state index in [9.17, 15) is 4.79 Å². The van der Waals surface area contributed by atoms with Crippen molar-refractivity contribution >= 4 is 17.2 Å². The second-order valence-electron chi connectivity index (χ2n) is 6.86. The highest BCUT2D eigenvalue weighted by atomic mass is 32.1. The number of aryl methyl sites for hydroxylation is 1. The second kappa shape index (κ2) is 8.02. The molecule has 0 radical (unpaired) electrons. The molecule has 0 saturated carbocycles. The summed E-state index contributed by atoms with van der Waals surface area (Å²) in [6.07, 6.45) is 1.85. The molecule has 140 valence electrons. The maximum atomic E-state index is 12.2. The summed E-state index contributed by atoms with van der Waals surface area (Å²) < 4.78 is 5.45. The summed E-state index contributed by atoms with van der Waals surface area (Å²) >= 11 is 1.54. The van der Waals surface area contributed by atoms with Gasteiger partial charge in [-0.3, -0.25) is 9.69 Å². The number of carbonyl (C=O) groups excluding carboxylic acids is 1. The van der Waals surface area contributed by atoms with E-state index < -0.39 is 0 Å². The molecular weight excluding hydrogens is 360 g/mol. The van der Waals surface area contributed by atoms with Crippen LogP contribution in [0.25, 0.3) is 11.4 Å². The topological polar surface area (TPSA) is 71.3 Å². The largest absolute Gasteiger partial charge is 0.349 e. The van der Waals surface area contributed by atoms with Crippen molar-refractivity contribution in [3.63, 3.8) is 0 Å². The lowest BCUT2D eigenvalue weighted by atomic mass is 10.0. The van der Waals surface area contributed by atoms with Crippen LogP contribution in [0, 0.1) is 6.92 Å². The third-order valence-electron chi connectivity index (χ3n) is 4.92. The van der Waals surface area contributed by atoms with Crippen LogP contribution >= 0.6 is 11.3 Å². The van der Waals surface area contributed by atoms with E-state index in [4.69, 9.17) is 4.52 Å². The molecule has 4 rings (SSSR count). The Morgan fingerprint density at radius 1 is 1.30 bits per heavy atom. The summed E-state index contributed by atoms with van der Waals surface area (Å²) in [6, 6.07) is 10.1. The first-order valence-electron chi connectivity index (χ1n) is 9.13. The molecule has 7 heteroatoms. The molecule has 1 aromatic carbocycles. The summed E-state index contributed by atoms with van der Waals surface area (Å²) in [6.45, 7) is 4.48. The van der Waals surface area contributed by atoms with Crippen LogP contribution in [0.2, 0.25) is 0 Å². The molecule has 1 fully saturated rings. The quantitative estimate of drug-likeness (QED) is 0.731. The fourth-order valence-corrected chi connectivity index (χ4v) is 3.98. The van der Waals surface area contributed by atoms with Gasteiger partial charge in [-0.1, -0.05) is 29.4 Å². The number of carbonyl (C=O) groups is 1. The smallest absolute Gasteiger partial charge is 0.252 e. The Balaban J connectivity index is 1.30. The van der Waals surface area contributed by atoms with Crippen molar-refractivity contribution in [2.24, 2.45) is 0 Å². The van der Waals surface area contributed by atoms with Crippen LogP contribution in [0.4, 0.5) is 0 Å². The van der Waals surface area contributed by atoms with Crippen molar-refractivity contribution in [3.05, 3.63) is 58.1 Å². The number of aromatic nitrogens is 2. The van der Waals surface area contributed by atoms with Crippen molar-refractivity contribution in [2.75, 3.05) is 13.1 Å². The van der Waals surface area contributed by atoms with Gasteiger partial charge in [-0.25, -0.2) is 0 Å². The number of nitrogens with one attached hydrogen (secondary N) is 1. The molecule has 0 aliphatic carbocycles. The third-order valence-corrected chi connectivity index (χ3v) is 5.60. The average molecular weight is 382 g/mol. The fraction of sp³-hybridized carbons (Fsp3) is 0.350. The van der Waals surface area contributed by atoms with Gasteiger partial charge < -0.3 is 9.84 Å². The molecule has 1 saturated heterocycles. The Morgan fingerprint density at radius 3 is 2.85 bits per heavy atom. The Labute approximate surface area is 162 Å². The SMILES string of the molecule is Cc1ccccc1-c1noc(CN2CCC(NC(=O)c3ccsc3)CC2)n1. The Hall–Kier alpha value is -2.51. The normalized spacial score (nSPS) is 15.7. The zero-order chi connectivity index (χ0) is 18.6.